The average Bonchev–Trinajstić information content (AvgIpc) is 2.72. The van der Waals surface area contributed by atoms with E-state index in [4.69, 9.17) is 23.2 Å². The lowest BCUT2D eigenvalue weighted by Gasteiger charge is -2.25. The van der Waals surface area contributed by atoms with Crippen LogP contribution in [0.4, 0.5) is 11.4 Å². The molecule has 4 aromatic rings. The first-order chi connectivity index (χ1) is 13.5. The number of anilines is 2. The molecule has 140 valence electrons. The Morgan fingerprint density at radius 1 is 0.643 bits per heavy atom. The molecule has 0 unspecified atom stereocenters. The average molecular weight is 428 g/mol. The van der Waals surface area contributed by atoms with Gasteiger partial charge in [-0.3, -0.25) is 0 Å². The van der Waals surface area contributed by atoms with Crippen molar-refractivity contribution in [2.75, 3.05) is 4.31 Å². The lowest BCUT2D eigenvalue weighted by atomic mass is 10.1. The van der Waals surface area contributed by atoms with Crippen LogP contribution in [0.1, 0.15) is 0 Å². The third kappa shape index (κ3) is 3.24. The van der Waals surface area contributed by atoms with Crippen LogP contribution >= 0.6 is 23.2 Å². The molecular weight excluding hydrogens is 413 g/mol. The van der Waals surface area contributed by atoms with E-state index in [-0.39, 0.29) is 9.92 Å². The molecular formula is C22H15Cl2NO2S. The van der Waals surface area contributed by atoms with Crippen LogP contribution in [0.25, 0.3) is 10.8 Å². The molecule has 4 aromatic carbocycles. The van der Waals surface area contributed by atoms with Crippen LogP contribution in [-0.4, -0.2) is 8.42 Å². The summed E-state index contributed by atoms with van der Waals surface area (Å²) < 4.78 is 28.7. The number of hydrogen-bond acceptors (Lipinski definition) is 2. The summed E-state index contributed by atoms with van der Waals surface area (Å²) in [4.78, 5) is -0.0365. The Bertz CT molecular complexity index is 1200. The van der Waals surface area contributed by atoms with Crippen LogP contribution in [-0.2, 0) is 10.0 Å². The van der Waals surface area contributed by atoms with Gasteiger partial charge in [0.25, 0.3) is 10.0 Å². The molecule has 0 heterocycles. The minimum atomic E-state index is -4.03. The number of nitrogens with zero attached hydrogens (tertiary/aromatic N) is 1. The number of hydrogen-bond donors (Lipinski definition) is 0. The molecule has 0 aromatic heterocycles. The van der Waals surface area contributed by atoms with Crippen molar-refractivity contribution in [1.82, 2.24) is 0 Å². The zero-order chi connectivity index (χ0) is 19.7. The highest BCUT2D eigenvalue weighted by Gasteiger charge is 2.30. The Labute approximate surface area is 173 Å². The number of halogens is 2. The van der Waals surface area contributed by atoms with E-state index in [1.807, 2.05) is 24.3 Å². The molecule has 0 bridgehead atoms. The van der Waals surface area contributed by atoms with E-state index in [1.165, 1.54) is 10.4 Å². The van der Waals surface area contributed by atoms with Gasteiger partial charge >= 0.3 is 0 Å². The second-order valence-corrected chi connectivity index (χ2v) is 8.70. The Kier molecular flexibility index (Phi) is 5.02. The fourth-order valence-corrected chi connectivity index (χ4v) is 5.56. The summed E-state index contributed by atoms with van der Waals surface area (Å²) in [5.41, 5.74) is 1.02. The fourth-order valence-electron chi connectivity index (χ4n) is 3.11. The minimum Gasteiger partial charge on any atom is -0.234 e. The molecule has 0 N–H and O–H groups in total. The molecule has 6 heteroatoms. The number of fused-ring (bicyclic) bond motifs is 1. The summed E-state index contributed by atoms with van der Waals surface area (Å²) in [5, 5.41) is 1.78. The molecule has 0 saturated heterocycles. The monoisotopic (exact) mass is 427 g/mol. The van der Waals surface area contributed by atoms with Crippen molar-refractivity contribution in [1.29, 1.82) is 0 Å². The van der Waals surface area contributed by atoms with Crippen LogP contribution in [0.2, 0.25) is 10.0 Å². The molecule has 0 atom stereocenters. The van der Waals surface area contributed by atoms with Crippen molar-refractivity contribution in [3.8, 4) is 0 Å². The van der Waals surface area contributed by atoms with Crippen LogP contribution in [0.5, 0.6) is 0 Å². The lowest BCUT2D eigenvalue weighted by molar-refractivity contribution is 0.596. The van der Waals surface area contributed by atoms with E-state index in [0.717, 1.165) is 0 Å². The predicted molar refractivity (Wildman–Crippen MR) is 116 cm³/mol. The highest BCUT2D eigenvalue weighted by molar-refractivity contribution is 7.93. The van der Waals surface area contributed by atoms with Crippen LogP contribution in [0.3, 0.4) is 0 Å². The Hall–Kier alpha value is -2.53. The van der Waals surface area contributed by atoms with E-state index >= 15 is 0 Å². The van der Waals surface area contributed by atoms with Gasteiger partial charge in [0.1, 0.15) is 4.90 Å². The van der Waals surface area contributed by atoms with E-state index in [2.05, 4.69) is 0 Å². The summed E-state index contributed by atoms with van der Waals surface area (Å²) in [5.74, 6) is 0. The van der Waals surface area contributed by atoms with Gasteiger partial charge in [-0.05, 0) is 30.3 Å². The fraction of sp³-hybridized carbons (Fsp3) is 0. The van der Waals surface area contributed by atoms with Crippen molar-refractivity contribution in [3.05, 3.63) is 101 Å². The summed E-state index contributed by atoms with van der Waals surface area (Å²) >= 11 is 12.9. The van der Waals surface area contributed by atoms with Crippen molar-refractivity contribution >= 4 is 55.4 Å². The van der Waals surface area contributed by atoms with Crippen molar-refractivity contribution < 1.29 is 8.42 Å². The zero-order valence-corrected chi connectivity index (χ0v) is 16.9. The van der Waals surface area contributed by atoms with Gasteiger partial charge in [-0.25, -0.2) is 12.7 Å². The standard InChI is InChI=1S/C22H15Cl2NO2S/c23-20-15-21(22(24)19-14-8-7-13-18(19)20)28(26,27)25(16-9-3-1-4-10-16)17-11-5-2-6-12-17/h1-15H. The summed E-state index contributed by atoms with van der Waals surface area (Å²) in [6, 6.07) is 26.4. The van der Waals surface area contributed by atoms with E-state index in [9.17, 15) is 8.42 Å². The van der Waals surface area contributed by atoms with Gasteiger partial charge in [0.15, 0.2) is 0 Å². The van der Waals surface area contributed by atoms with Crippen LogP contribution < -0.4 is 4.31 Å². The summed E-state index contributed by atoms with van der Waals surface area (Å²) in [7, 11) is -4.03. The van der Waals surface area contributed by atoms with Gasteiger partial charge in [0, 0.05) is 15.8 Å². The second kappa shape index (κ2) is 7.47. The van der Waals surface area contributed by atoms with Gasteiger partial charge < -0.3 is 0 Å². The second-order valence-electron chi connectivity index (χ2n) is 6.16. The number of para-hydroxylation sites is 2. The Morgan fingerprint density at radius 2 is 1.11 bits per heavy atom. The number of benzene rings is 4. The molecule has 3 nitrogen and oxygen atoms in total. The smallest absolute Gasteiger partial charge is 0.234 e. The first-order valence-electron chi connectivity index (χ1n) is 8.52. The SMILES string of the molecule is O=S(=O)(c1cc(Cl)c2ccccc2c1Cl)N(c1ccccc1)c1ccccc1. The molecule has 28 heavy (non-hydrogen) atoms. The molecule has 0 saturated carbocycles. The highest BCUT2D eigenvalue weighted by atomic mass is 35.5. The quantitative estimate of drug-likeness (QED) is 0.364. The third-order valence-electron chi connectivity index (χ3n) is 4.39. The Morgan fingerprint density at radius 3 is 1.64 bits per heavy atom. The maximum absolute atomic E-state index is 13.7. The van der Waals surface area contributed by atoms with E-state index in [1.54, 1.807) is 60.7 Å². The largest absolute Gasteiger partial charge is 0.270 e. The highest BCUT2D eigenvalue weighted by Crippen LogP contribution is 2.40. The van der Waals surface area contributed by atoms with E-state index < -0.39 is 10.0 Å². The van der Waals surface area contributed by atoms with Gasteiger partial charge in [-0.15, -0.1) is 0 Å². The van der Waals surface area contributed by atoms with Gasteiger partial charge in [-0.1, -0.05) is 83.9 Å². The molecule has 0 fully saturated rings. The molecule has 0 aliphatic rings. The Balaban J connectivity index is 2.00. The van der Waals surface area contributed by atoms with E-state index in [0.29, 0.717) is 27.2 Å². The van der Waals surface area contributed by atoms with Gasteiger partial charge in [0.2, 0.25) is 0 Å². The predicted octanol–water partition coefficient (Wildman–Crippen LogP) is 6.67. The molecule has 0 aliphatic carbocycles. The topological polar surface area (TPSA) is 37.4 Å². The third-order valence-corrected chi connectivity index (χ3v) is 7.01. The molecule has 0 amide bonds. The molecule has 0 spiro atoms. The number of rotatable bonds is 4. The maximum Gasteiger partial charge on any atom is 0.270 e. The molecule has 0 radical (unpaired) electrons. The van der Waals surface area contributed by atoms with Crippen molar-refractivity contribution in [3.63, 3.8) is 0 Å². The minimum absolute atomic E-state index is 0.0365. The van der Waals surface area contributed by atoms with Crippen LogP contribution in [0, 0.1) is 0 Å². The summed E-state index contributed by atoms with van der Waals surface area (Å²) in [6.07, 6.45) is 0. The first-order valence-corrected chi connectivity index (χ1v) is 10.7. The zero-order valence-electron chi connectivity index (χ0n) is 14.6. The van der Waals surface area contributed by atoms with Crippen molar-refractivity contribution in [2.45, 2.75) is 4.90 Å². The first kappa shape index (κ1) is 18.8. The lowest BCUT2D eigenvalue weighted by Crippen LogP contribution is -2.26. The van der Waals surface area contributed by atoms with Gasteiger partial charge in [-0.2, -0.15) is 0 Å². The molecule has 0 aliphatic heterocycles. The van der Waals surface area contributed by atoms with Gasteiger partial charge in [0.05, 0.1) is 16.4 Å². The van der Waals surface area contributed by atoms with Crippen molar-refractivity contribution in [2.24, 2.45) is 0 Å². The van der Waals surface area contributed by atoms with Crippen LogP contribution in [0.15, 0.2) is 95.9 Å². The summed E-state index contributed by atoms with van der Waals surface area (Å²) in [6.45, 7) is 0. The normalized spacial score (nSPS) is 11.5. The number of sulfonamides is 1. The molecule has 4 rings (SSSR count). The maximum atomic E-state index is 13.7.